The van der Waals surface area contributed by atoms with Gasteiger partial charge in [0.25, 0.3) is 0 Å². The van der Waals surface area contributed by atoms with Crippen molar-refractivity contribution < 1.29 is 0 Å². The number of aromatic nitrogens is 1. The minimum absolute atomic E-state index is 1.10. The molecule has 0 spiro atoms. The molecule has 64 valence electrons. The van der Waals surface area contributed by atoms with Crippen LogP contribution in [0.2, 0.25) is 0 Å². The zero-order valence-corrected chi connectivity index (χ0v) is 8.53. The van der Waals surface area contributed by atoms with Gasteiger partial charge >= 0.3 is 0 Å². The minimum atomic E-state index is 1.10. The molecular formula is C11H8BrN. The Morgan fingerprint density at radius 2 is 1.69 bits per heavy atom. The Bertz CT molecular complexity index is 398. The second kappa shape index (κ2) is 3.71. The van der Waals surface area contributed by atoms with Gasteiger partial charge in [-0.15, -0.1) is 0 Å². The third kappa shape index (κ3) is 1.95. The Balaban J connectivity index is 2.48. The number of benzene rings is 1. The Morgan fingerprint density at radius 3 is 2.38 bits per heavy atom. The average Bonchev–Trinajstić information content (AvgIpc) is 2.19. The molecule has 0 fully saturated rings. The van der Waals surface area contributed by atoms with Gasteiger partial charge in [-0.2, -0.15) is 0 Å². The van der Waals surface area contributed by atoms with Crippen molar-refractivity contribution in [3.63, 3.8) is 0 Å². The zero-order chi connectivity index (χ0) is 9.10. The van der Waals surface area contributed by atoms with Gasteiger partial charge in [-0.05, 0) is 35.4 Å². The van der Waals surface area contributed by atoms with Gasteiger partial charge < -0.3 is 0 Å². The molecule has 0 radical (unpaired) electrons. The number of pyridine rings is 1. The summed E-state index contributed by atoms with van der Waals surface area (Å²) in [5.41, 5.74) is 2.40. The van der Waals surface area contributed by atoms with Gasteiger partial charge in [-0.1, -0.05) is 28.1 Å². The molecule has 0 N–H and O–H groups in total. The van der Waals surface area contributed by atoms with E-state index in [9.17, 15) is 0 Å². The van der Waals surface area contributed by atoms with Crippen LogP contribution in [0, 0.1) is 0 Å². The van der Waals surface area contributed by atoms with Crippen molar-refractivity contribution in [3.8, 4) is 11.1 Å². The third-order valence-electron chi connectivity index (χ3n) is 1.84. The first-order chi connectivity index (χ1) is 6.36. The standard InChI is InChI=1S/C11H8BrN/c12-11-3-1-2-10(8-11)9-4-6-13-7-5-9/h1-8H. The largest absolute Gasteiger partial charge is 0.265 e. The molecule has 0 atom stereocenters. The van der Waals surface area contributed by atoms with E-state index in [1.54, 1.807) is 12.4 Å². The van der Waals surface area contributed by atoms with Crippen molar-refractivity contribution in [2.24, 2.45) is 0 Å². The molecule has 0 aliphatic rings. The van der Waals surface area contributed by atoms with E-state index in [2.05, 4.69) is 33.0 Å². The molecular weight excluding hydrogens is 226 g/mol. The summed E-state index contributed by atoms with van der Waals surface area (Å²) < 4.78 is 1.10. The SMILES string of the molecule is Brc1cccc(-c2ccncc2)c1. The van der Waals surface area contributed by atoms with Crippen molar-refractivity contribution in [1.29, 1.82) is 0 Å². The predicted octanol–water partition coefficient (Wildman–Crippen LogP) is 3.51. The first-order valence-electron chi connectivity index (χ1n) is 4.02. The summed E-state index contributed by atoms with van der Waals surface area (Å²) >= 11 is 3.44. The van der Waals surface area contributed by atoms with E-state index in [1.807, 2.05) is 24.3 Å². The second-order valence-electron chi connectivity index (χ2n) is 2.75. The predicted molar refractivity (Wildman–Crippen MR) is 57.4 cm³/mol. The summed E-state index contributed by atoms with van der Waals surface area (Å²) in [5.74, 6) is 0. The van der Waals surface area contributed by atoms with E-state index in [4.69, 9.17) is 0 Å². The van der Waals surface area contributed by atoms with Crippen molar-refractivity contribution in [3.05, 3.63) is 53.3 Å². The second-order valence-corrected chi connectivity index (χ2v) is 3.66. The highest BCUT2D eigenvalue weighted by atomic mass is 79.9. The van der Waals surface area contributed by atoms with E-state index in [0.717, 1.165) is 4.47 Å². The molecule has 0 aliphatic carbocycles. The molecule has 1 nitrogen and oxygen atoms in total. The molecule has 1 aromatic carbocycles. The molecule has 1 aromatic heterocycles. The number of rotatable bonds is 1. The van der Waals surface area contributed by atoms with Crippen LogP contribution in [0.25, 0.3) is 11.1 Å². The zero-order valence-electron chi connectivity index (χ0n) is 6.94. The monoisotopic (exact) mass is 233 g/mol. The molecule has 2 aromatic rings. The van der Waals surface area contributed by atoms with Crippen LogP contribution in [0.3, 0.4) is 0 Å². The first-order valence-corrected chi connectivity index (χ1v) is 4.81. The number of hydrogen-bond donors (Lipinski definition) is 0. The summed E-state index contributed by atoms with van der Waals surface area (Å²) in [6.45, 7) is 0. The number of halogens is 1. The average molecular weight is 234 g/mol. The summed E-state index contributed by atoms with van der Waals surface area (Å²) in [6, 6.07) is 12.2. The van der Waals surface area contributed by atoms with Gasteiger partial charge in [0.15, 0.2) is 0 Å². The molecule has 13 heavy (non-hydrogen) atoms. The van der Waals surface area contributed by atoms with E-state index >= 15 is 0 Å². The van der Waals surface area contributed by atoms with Gasteiger partial charge in [0, 0.05) is 16.9 Å². The van der Waals surface area contributed by atoms with Crippen LogP contribution in [0.5, 0.6) is 0 Å². The Labute approximate surface area is 85.6 Å². The molecule has 2 heteroatoms. The highest BCUT2D eigenvalue weighted by Crippen LogP contribution is 2.21. The maximum Gasteiger partial charge on any atom is 0.0273 e. The van der Waals surface area contributed by atoms with Gasteiger partial charge in [0.05, 0.1) is 0 Å². The molecule has 0 saturated carbocycles. The van der Waals surface area contributed by atoms with Crippen molar-refractivity contribution in [2.45, 2.75) is 0 Å². The van der Waals surface area contributed by atoms with E-state index < -0.39 is 0 Å². The van der Waals surface area contributed by atoms with Gasteiger partial charge in [-0.3, -0.25) is 4.98 Å². The van der Waals surface area contributed by atoms with Crippen molar-refractivity contribution in [2.75, 3.05) is 0 Å². The smallest absolute Gasteiger partial charge is 0.0273 e. The van der Waals surface area contributed by atoms with Crippen LogP contribution in [-0.4, -0.2) is 4.98 Å². The third-order valence-corrected chi connectivity index (χ3v) is 2.33. The minimum Gasteiger partial charge on any atom is -0.265 e. The van der Waals surface area contributed by atoms with E-state index in [0.29, 0.717) is 0 Å². The number of nitrogens with zero attached hydrogens (tertiary/aromatic N) is 1. The molecule has 1 heterocycles. The first kappa shape index (κ1) is 8.45. The Hall–Kier alpha value is -1.15. The summed E-state index contributed by atoms with van der Waals surface area (Å²) in [7, 11) is 0. The fourth-order valence-corrected chi connectivity index (χ4v) is 1.61. The van der Waals surface area contributed by atoms with Crippen LogP contribution < -0.4 is 0 Å². The molecule has 0 amide bonds. The van der Waals surface area contributed by atoms with Gasteiger partial charge in [0.1, 0.15) is 0 Å². The Morgan fingerprint density at radius 1 is 0.923 bits per heavy atom. The molecule has 2 rings (SSSR count). The summed E-state index contributed by atoms with van der Waals surface area (Å²) in [4.78, 5) is 3.98. The fourth-order valence-electron chi connectivity index (χ4n) is 1.21. The van der Waals surface area contributed by atoms with E-state index in [1.165, 1.54) is 11.1 Å². The van der Waals surface area contributed by atoms with Crippen LogP contribution in [0.4, 0.5) is 0 Å². The highest BCUT2D eigenvalue weighted by Gasteiger charge is 1.95. The van der Waals surface area contributed by atoms with Crippen LogP contribution in [0.1, 0.15) is 0 Å². The van der Waals surface area contributed by atoms with Crippen molar-refractivity contribution in [1.82, 2.24) is 4.98 Å². The normalized spacial score (nSPS) is 9.92. The van der Waals surface area contributed by atoms with Crippen LogP contribution >= 0.6 is 15.9 Å². The van der Waals surface area contributed by atoms with Gasteiger partial charge in [-0.25, -0.2) is 0 Å². The quantitative estimate of drug-likeness (QED) is 0.735. The molecule has 0 saturated heterocycles. The van der Waals surface area contributed by atoms with Crippen LogP contribution in [-0.2, 0) is 0 Å². The van der Waals surface area contributed by atoms with Crippen LogP contribution in [0.15, 0.2) is 53.3 Å². The summed E-state index contributed by atoms with van der Waals surface area (Å²) in [6.07, 6.45) is 3.60. The maximum atomic E-state index is 3.98. The summed E-state index contributed by atoms with van der Waals surface area (Å²) in [5, 5.41) is 0. The van der Waals surface area contributed by atoms with Gasteiger partial charge in [0.2, 0.25) is 0 Å². The Kier molecular flexibility index (Phi) is 2.41. The molecule has 0 aliphatic heterocycles. The van der Waals surface area contributed by atoms with Crippen molar-refractivity contribution >= 4 is 15.9 Å². The topological polar surface area (TPSA) is 12.9 Å². The maximum absolute atomic E-state index is 3.98. The lowest BCUT2D eigenvalue weighted by molar-refractivity contribution is 1.33. The molecule has 0 bridgehead atoms. The lowest BCUT2D eigenvalue weighted by atomic mass is 10.1. The lowest BCUT2D eigenvalue weighted by Crippen LogP contribution is -1.77. The lowest BCUT2D eigenvalue weighted by Gasteiger charge is -2.00. The highest BCUT2D eigenvalue weighted by molar-refractivity contribution is 9.10. The van der Waals surface area contributed by atoms with E-state index in [-0.39, 0.29) is 0 Å². The number of hydrogen-bond acceptors (Lipinski definition) is 1. The molecule has 0 unspecified atom stereocenters. The fraction of sp³-hybridized carbons (Fsp3) is 0.